The van der Waals surface area contributed by atoms with Gasteiger partial charge in [0.25, 0.3) is 0 Å². The normalized spacial score (nSPS) is 18.4. The van der Waals surface area contributed by atoms with E-state index in [4.69, 9.17) is 16.3 Å². The minimum atomic E-state index is 0.0107. The van der Waals surface area contributed by atoms with Gasteiger partial charge in [0.2, 0.25) is 11.2 Å². The summed E-state index contributed by atoms with van der Waals surface area (Å²) in [5, 5.41) is 3.54. The quantitative estimate of drug-likeness (QED) is 0.918. The first kappa shape index (κ1) is 14.3. The second kappa shape index (κ2) is 5.90. The molecule has 1 N–H and O–H groups in total. The fourth-order valence-corrected chi connectivity index (χ4v) is 2.53. The van der Waals surface area contributed by atoms with E-state index in [1.54, 1.807) is 0 Å². The van der Waals surface area contributed by atoms with Gasteiger partial charge in [-0.15, -0.1) is 0 Å². The van der Waals surface area contributed by atoms with Crippen molar-refractivity contribution in [1.29, 1.82) is 0 Å². The molecule has 0 bridgehead atoms. The van der Waals surface area contributed by atoms with Crippen LogP contribution in [0.1, 0.15) is 52.9 Å². The van der Waals surface area contributed by atoms with Gasteiger partial charge in [-0.25, -0.2) is 0 Å². The fourth-order valence-electron chi connectivity index (χ4n) is 2.38. The Morgan fingerprint density at radius 2 is 1.84 bits per heavy atom. The number of halogens is 1. The van der Waals surface area contributed by atoms with Gasteiger partial charge in [0.1, 0.15) is 0 Å². The van der Waals surface area contributed by atoms with Gasteiger partial charge in [0, 0.05) is 5.54 Å². The van der Waals surface area contributed by atoms with Crippen LogP contribution in [-0.2, 0) is 0 Å². The van der Waals surface area contributed by atoms with Crippen LogP contribution in [-0.4, -0.2) is 26.6 Å². The van der Waals surface area contributed by atoms with Crippen LogP contribution in [0.4, 0.5) is 5.95 Å². The predicted octanol–water partition coefficient (Wildman–Crippen LogP) is 3.45. The van der Waals surface area contributed by atoms with Crippen molar-refractivity contribution >= 4 is 17.5 Å². The maximum atomic E-state index is 5.91. The van der Waals surface area contributed by atoms with E-state index in [0.29, 0.717) is 5.95 Å². The summed E-state index contributed by atoms with van der Waals surface area (Å²) in [5.74, 6) is 0.500. The molecular formula is C13H21ClN4O. The molecule has 1 aromatic heterocycles. The van der Waals surface area contributed by atoms with E-state index in [9.17, 15) is 0 Å². The molecule has 1 aliphatic rings. The van der Waals surface area contributed by atoms with Crippen molar-refractivity contribution in [3.8, 4) is 6.01 Å². The van der Waals surface area contributed by atoms with Crippen molar-refractivity contribution in [3.05, 3.63) is 5.28 Å². The van der Waals surface area contributed by atoms with Gasteiger partial charge in [-0.2, -0.15) is 15.0 Å². The van der Waals surface area contributed by atoms with Gasteiger partial charge in [0.05, 0.1) is 6.10 Å². The summed E-state index contributed by atoms with van der Waals surface area (Å²) < 4.78 is 5.47. The summed E-state index contributed by atoms with van der Waals surface area (Å²) in [5.41, 5.74) is 0.0397. The number of nitrogens with one attached hydrogen (secondary N) is 1. The Hall–Kier alpha value is -1.10. The first-order chi connectivity index (χ1) is 8.97. The van der Waals surface area contributed by atoms with Gasteiger partial charge >= 0.3 is 6.01 Å². The molecule has 2 rings (SSSR count). The Balaban J connectivity index is 2.12. The van der Waals surface area contributed by atoms with Crippen molar-refractivity contribution in [2.24, 2.45) is 0 Å². The van der Waals surface area contributed by atoms with Crippen LogP contribution in [0.25, 0.3) is 0 Å². The van der Waals surface area contributed by atoms with E-state index >= 15 is 0 Å². The lowest BCUT2D eigenvalue weighted by molar-refractivity contribution is 0.221. The Labute approximate surface area is 119 Å². The molecule has 0 aliphatic heterocycles. The number of rotatable bonds is 4. The molecule has 0 saturated heterocycles. The molecule has 0 atom stereocenters. The number of hydrogen-bond acceptors (Lipinski definition) is 5. The van der Waals surface area contributed by atoms with Crippen molar-refractivity contribution < 1.29 is 4.74 Å². The fraction of sp³-hybridized carbons (Fsp3) is 0.769. The zero-order chi connectivity index (χ0) is 13.9. The van der Waals surface area contributed by atoms with Gasteiger partial charge in [-0.05, 0) is 45.2 Å². The Morgan fingerprint density at radius 1 is 1.16 bits per heavy atom. The second-order valence-corrected chi connectivity index (χ2v) is 5.96. The zero-order valence-corrected chi connectivity index (χ0v) is 12.5. The zero-order valence-electron chi connectivity index (χ0n) is 11.7. The molecule has 1 aromatic rings. The van der Waals surface area contributed by atoms with Crippen LogP contribution >= 0.6 is 11.6 Å². The highest BCUT2D eigenvalue weighted by atomic mass is 35.5. The SMILES string of the molecule is CC(C)Oc1nc(Cl)nc(NC2(C)CCCCC2)n1. The molecule has 19 heavy (non-hydrogen) atoms. The van der Waals surface area contributed by atoms with Crippen LogP contribution in [0.2, 0.25) is 5.28 Å². The minimum Gasteiger partial charge on any atom is -0.461 e. The van der Waals surface area contributed by atoms with E-state index in [1.807, 2.05) is 13.8 Å². The third kappa shape index (κ3) is 4.20. The van der Waals surface area contributed by atoms with Gasteiger partial charge < -0.3 is 10.1 Å². The van der Waals surface area contributed by atoms with E-state index in [0.717, 1.165) is 12.8 Å². The van der Waals surface area contributed by atoms with Crippen molar-refractivity contribution in [2.45, 2.75) is 64.5 Å². The van der Waals surface area contributed by atoms with Gasteiger partial charge in [0.15, 0.2) is 0 Å². The third-order valence-electron chi connectivity index (χ3n) is 3.30. The lowest BCUT2D eigenvalue weighted by atomic mass is 9.83. The average Bonchev–Trinajstić information content (AvgIpc) is 2.27. The van der Waals surface area contributed by atoms with E-state index in [1.165, 1.54) is 19.3 Å². The molecule has 6 heteroatoms. The highest BCUT2D eigenvalue weighted by Gasteiger charge is 2.27. The van der Waals surface area contributed by atoms with E-state index in [2.05, 4.69) is 27.2 Å². The topological polar surface area (TPSA) is 59.9 Å². The molecular weight excluding hydrogens is 264 g/mol. The Bertz CT molecular complexity index is 433. The standard InChI is InChI=1S/C13H21ClN4O/c1-9(2)19-12-16-10(14)15-11(17-12)18-13(3)7-5-4-6-8-13/h9H,4-8H2,1-3H3,(H,15,16,17,18). The van der Waals surface area contributed by atoms with Crippen molar-refractivity contribution in [3.63, 3.8) is 0 Å². The summed E-state index contributed by atoms with van der Waals surface area (Å²) in [7, 11) is 0. The van der Waals surface area contributed by atoms with Crippen molar-refractivity contribution in [1.82, 2.24) is 15.0 Å². The van der Waals surface area contributed by atoms with Crippen LogP contribution < -0.4 is 10.1 Å². The minimum absolute atomic E-state index is 0.0107. The van der Waals surface area contributed by atoms with Crippen LogP contribution in [0.3, 0.4) is 0 Å². The summed E-state index contributed by atoms with van der Waals surface area (Å²) in [6, 6.07) is 0.275. The Morgan fingerprint density at radius 3 is 2.47 bits per heavy atom. The molecule has 1 saturated carbocycles. The smallest absolute Gasteiger partial charge is 0.322 e. The molecule has 1 aliphatic carbocycles. The number of nitrogens with zero attached hydrogens (tertiary/aromatic N) is 3. The molecule has 0 unspecified atom stereocenters. The molecule has 0 radical (unpaired) electrons. The predicted molar refractivity (Wildman–Crippen MR) is 75.7 cm³/mol. The monoisotopic (exact) mass is 284 g/mol. The maximum Gasteiger partial charge on any atom is 0.322 e. The summed E-state index contributed by atoms with van der Waals surface area (Å²) in [6.45, 7) is 6.05. The first-order valence-electron chi connectivity index (χ1n) is 6.83. The lowest BCUT2D eigenvalue weighted by Gasteiger charge is -2.34. The molecule has 106 valence electrons. The number of aromatic nitrogens is 3. The number of ether oxygens (including phenoxy) is 1. The molecule has 1 heterocycles. The van der Waals surface area contributed by atoms with Crippen molar-refractivity contribution in [2.75, 3.05) is 5.32 Å². The molecule has 1 fully saturated rings. The first-order valence-corrected chi connectivity index (χ1v) is 7.21. The van der Waals surface area contributed by atoms with Gasteiger partial charge in [-0.1, -0.05) is 19.3 Å². The molecule has 5 nitrogen and oxygen atoms in total. The maximum absolute atomic E-state index is 5.91. The van der Waals surface area contributed by atoms with Crippen LogP contribution in [0.15, 0.2) is 0 Å². The third-order valence-corrected chi connectivity index (χ3v) is 3.47. The van der Waals surface area contributed by atoms with Gasteiger partial charge in [-0.3, -0.25) is 0 Å². The Kier molecular flexibility index (Phi) is 4.45. The lowest BCUT2D eigenvalue weighted by Crippen LogP contribution is -2.37. The average molecular weight is 285 g/mol. The largest absolute Gasteiger partial charge is 0.461 e. The number of anilines is 1. The van der Waals surface area contributed by atoms with Crippen LogP contribution in [0.5, 0.6) is 6.01 Å². The summed E-state index contributed by atoms with van der Waals surface area (Å²) >= 11 is 5.91. The summed E-state index contributed by atoms with van der Waals surface area (Å²) in [6.07, 6.45) is 6.02. The highest BCUT2D eigenvalue weighted by Crippen LogP contribution is 2.30. The molecule has 0 spiro atoms. The molecule has 0 amide bonds. The summed E-state index contributed by atoms with van der Waals surface area (Å²) in [4.78, 5) is 12.4. The van der Waals surface area contributed by atoms with E-state index in [-0.39, 0.29) is 22.9 Å². The number of hydrogen-bond donors (Lipinski definition) is 1. The second-order valence-electron chi connectivity index (χ2n) is 5.62. The van der Waals surface area contributed by atoms with Crippen LogP contribution in [0, 0.1) is 0 Å². The molecule has 0 aromatic carbocycles. The highest BCUT2D eigenvalue weighted by molar-refractivity contribution is 6.28. The van der Waals surface area contributed by atoms with E-state index < -0.39 is 0 Å².